The van der Waals surface area contributed by atoms with Gasteiger partial charge in [0, 0.05) is 23.6 Å². The SMILES string of the molecule is CCOC(=O)C[C@@H](c1ccc([N+](=O)[O-])cc1)[C@@H](NC(=O)c1ccc(F)cc1)C(N)=O. The highest BCUT2D eigenvalue weighted by molar-refractivity contribution is 5.97. The van der Waals surface area contributed by atoms with Crippen molar-refractivity contribution in [1.29, 1.82) is 0 Å². The van der Waals surface area contributed by atoms with Gasteiger partial charge in [-0.1, -0.05) is 12.1 Å². The highest BCUT2D eigenvalue weighted by Crippen LogP contribution is 2.27. The third-order valence-electron chi connectivity index (χ3n) is 4.33. The minimum absolute atomic E-state index is 0.0845. The number of carbonyl (C=O) groups excluding carboxylic acids is 3. The number of nitro groups is 1. The average molecular weight is 417 g/mol. The number of nitrogens with zero attached hydrogens (tertiary/aromatic N) is 1. The molecule has 10 heteroatoms. The van der Waals surface area contributed by atoms with Crippen LogP contribution in [0.4, 0.5) is 10.1 Å². The number of nitrogens with one attached hydrogen (secondary N) is 1. The summed E-state index contributed by atoms with van der Waals surface area (Å²) in [4.78, 5) is 47.0. The van der Waals surface area contributed by atoms with Crippen LogP contribution in [0.1, 0.15) is 35.2 Å². The summed E-state index contributed by atoms with van der Waals surface area (Å²) in [5.41, 5.74) is 5.75. The van der Waals surface area contributed by atoms with Crippen molar-refractivity contribution >= 4 is 23.5 Å². The van der Waals surface area contributed by atoms with Gasteiger partial charge in [0.25, 0.3) is 11.6 Å². The van der Waals surface area contributed by atoms with E-state index in [-0.39, 0.29) is 24.3 Å². The predicted octanol–water partition coefficient (Wildman–Crippen LogP) is 2.05. The van der Waals surface area contributed by atoms with Gasteiger partial charge in [-0.25, -0.2) is 4.39 Å². The van der Waals surface area contributed by atoms with Crippen LogP contribution >= 0.6 is 0 Å². The van der Waals surface area contributed by atoms with Gasteiger partial charge in [0.15, 0.2) is 0 Å². The van der Waals surface area contributed by atoms with Crippen molar-refractivity contribution < 1.29 is 28.4 Å². The van der Waals surface area contributed by atoms with Crippen LogP contribution < -0.4 is 11.1 Å². The number of amides is 2. The largest absolute Gasteiger partial charge is 0.466 e. The Balaban J connectivity index is 2.36. The zero-order valence-corrected chi connectivity index (χ0v) is 16.0. The van der Waals surface area contributed by atoms with E-state index in [0.717, 1.165) is 12.1 Å². The number of esters is 1. The standard InChI is InChI=1S/C20H20FN3O6/c1-2-30-17(25)11-16(12-5-9-15(10-6-12)24(28)29)18(19(22)26)23-20(27)13-3-7-14(21)8-4-13/h3-10,16,18H,2,11H2,1H3,(H2,22,26)(H,23,27)/t16-,18+/m0/s1. The number of halogens is 1. The van der Waals surface area contributed by atoms with Gasteiger partial charge in [-0.2, -0.15) is 0 Å². The fourth-order valence-electron chi connectivity index (χ4n) is 2.87. The van der Waals surface area contributed by atoms with Gasteiger partial charge in [0.1, 0.15) is 11.9 Å². The molecular formula is C20H20FN3O6. The van der Waals surface area contributed by atoms with Gasteiger partial charge < -0.3 is 15.8 Å². The number of primary amides is 1. The lowest BCUT2D eigenvalue weighted by Gasteiger charge is -2.25. The van der Waals surface area contributed by atoms with Crippen molar-refractivity contribution in [3.8, 4) is 0 Å². The van der Waals surface area contributed by atoms with E-state index in [9.17, 15) is 28.9 Å². The summed E-state index contributed by atoms with van der Waals surface area (Å²) in [5, 5.41) is 13.3. The first-order chi connectivity index (χ1) is 14.2. The Morgan fingerprint density at radius 1 is 1.13 bits per heavy atom. The normalized spacial score (nSPS) is 12.5. The Hall–Kier alpha value is -3.82. The molecule has 0 aliphatic carbocycles. The van der Waals surface area contributed by atoms with E-state index in [1.165, 1.54) is 36.4 Å². The van der Waals surface area contributed by atoms with Crippen molar-refractivity contribution in [2.75, 3.05) is 6.61 Å². The summed E-state index contributed by atoms with van der Waals surface area (Å²) < 4.78 is 18.0. The minimum atomic E-state index is -1.33. The van der Waals surface area contributed by atoms with Crippen LogP contribution in [0.5, 0.6) is 0 Å². The first-order valence-corrected chi connectivity index (χ1v) is 8.98. The van der Waals surface area contributed by atoms with E-state index in [1.807, 2.05) is 0 Å². The molecule has 2 aromatic carbocycles. The summed E-state index contributed by atoms with van der Waals surface area (Å²) in [5.74, 6) is -3.73. The molecule has 2 aromatic rings. The van der Waals surface area contributed by atoms with E-state index >= 15 is 0 Å². The molecule has 0 bridgehead atoms. The van der Waals surface area contributed by atoms with E-state index in [4.69, 9.17) is 10.5 Å². The van der Waals surface area contributed by atoms with Crippen LogP contribution in [0, 0.1) is 15.9 Å². The Labute approximate surface area is 171 Å². The number of rotatable bonds is 9. The fraction of sp³-hybridized carbons (Fsp3) is 0.250. The molecule has 0 spiro atoms. The van der Waals surface area contributed by atoms with Gasteiger partial charge in [-0.05, 0) is 36.8 Å². The van der Waals surface area contributed by atoms with Crippen LogP contribution in [-0.4, -0.2) is 35.4 Å². The minimum Gasteiger partial charge on any atom is -0.466 e. The molecule has 0 radical (unpaired) electrons. The number of hydrogen-bond acceptors (Lipinski definition) is 6. The molecule has 2 amide bonds. The molecule has 0 aliphatic heterocycles. The Bertz CT molecular complexity index is 931. The van der Waals surface area contributed by atoms with Gasteiger partial charge in [-0.15, -0.1) is 0 Å². The predicted molar refractivity (Wildman–Crippen MR) is 104 cm³/mol. The summed E-state index contributed by atoms with van der Waals surface area (Å²) >= 11 is 0. The second kappa shape index (κ2) is 10.1. The molecule has 0 unspecified atom stereocenters. The Kier molecular flexibility index (Phi) is 7.56. The van der Waals surface area contributed by atoms with Gasteiger partial charge in [0.05, 0.1) is 18.0 Å². The van der Waals surface area contributed by atoms with Crippen LogP contribution in [0.3, 0.4) is 0 Å². The number of nitro benzene ring substituents is 1. The molecule has 0 heterocycles. The van der Waals surface area contributed by atoms with Crippen molar-refractivity contribution in [2.24, 2.45) is 5.73 Å². The van der Waals surface area contributed by atoms with Crippen molar-refractivity contribution in [3.63, 3.8) is 0 Å². The fourth-order valence-corrected chi connectivity index (χ4v) is 2.87. The summed E-state index contributed by atoms with van der Waals surface area (Å²) in [7, 11) is 0. The van der Waals surface area contributed by atoms with E-state index in [1.54, 1.807) is 6.92 Å². The topological polar surface area (TPSA) is 142 Å². The average Bonchev–Trinajstić information content (AvgIpc) is 2.71. The summed E-state index contributed by atoms with van der Waals surface area (Å²) in [6, 6.07) is 8.49. The maximum atomic E-state index is 13.1. The lowest BCUT2D eigenvalue weighted by molar-refractivity contribution is -0.384. The number of benzene rings is 2. The van der Waals surface area contributed by atoms with Gasteiger partial charge in [-0.3, -0.25) is 24.5 Å². The highest BCUT2D eigenvalue weighted by atomic mass is 19.1. The zero-order valence-electron chi connectivity index (χ0n) is 16.0. The van der Waals surface area contributed by atoms with Crippen LogP contribution in [0.2, 0.25) is 0 Å². The smallest absolute Gasteiger partial charge is 0.306 e. The summed E-state index contributed by atoms with van der Waals surface area (Å²) in [6.45, 7) is 1.72. The zero-order chi connectivity index (χ0) is 22.3. The second-order valence-corrected chi connectivity index (χ2v) is 6.32. The number of nitrogens with two attached hydrogens (primary N) is 1. The Morgan fingerprint density at radius 3 is 2.23 bits per heavy atom. The van der Waals surface area contributed by atoms with Crippen molar-refractivity contribution in [1.82, 2.24) is 5.32 Å². The van der Waals surface area contributed by atoms with E-state index in [2.05, 4.69) is 5.32 Å². The number of hydrogen-bond donors (Lipinski definition) is 2. The lowest BCUT2D eigenvalue weighted by atomic mass is 9.87. The maximum Gasteiger partial charge on any atom is 0.306 e. The lowest BCUT2D eigenvalue weighted by Crippen LogP contribution is -2.48. The number of carbonyl (C=O) groups is 3. The molecule has 158 valence electrons. The van der Waals surface area contributed by atoms with Gasteiger partial charge >= 0.3 is 5.97 Å². The quantitative estimate of drug-likeness (QED) is 0.363. The van der Waals surface area contributed by atoms with Crippen molar-refractivity contribution in [2.45, 2.75) is 25.3 Å². The number of ether oxygens (including phenoxy) is 1. The van der Waals surface area contributed by atoms with Gasteiger partial charge in [0.2, 0.25) is 5.91 Å². The molecule has 2 atom stereocenters. The first-order valence-electron chi connectivity index (χ1n) is 8.98. The molecule has 3 N–H and O–H groups in total. The third kappa shape index (κ3) is 5.84. The monoisotopic (exact) mass is 417 g/mol. The van der Waals surface area contributed by atoms with Crippen LogP contribution in [0.25, 0.3) is 0 Å². The van der Waals surface area contributed by atoms with Crippen molar-refractivity contribution in [3.05, 3.63) is 75.6 Å². The molecule has 0 aromatic heterocycles. The van der Waals surface area contributed by atoms with Crippen LogP contribution in [0.15, 0.2) is 48.5 Å². The Morgan fingerprint density at radius 2 is 1.73 bits per heavy atom. The molecular weight excluding hydrogens is 397 g/mol. The third-order valence-corrected chi connectivity index (χ3v) is 4.33. The molecule has 0 aliphatic rings. The van der Waals surface area contributed by atoms with E-state index in [0.29, 0.717) is 5.56 Å². The second-order valence-electron chi connectivity index (χ2n) is 6.32. The molecule has 9 nitrogen and oxygen atoms in total. The van der Waals surface area contributed by atoms with Crippen LogP contribution in [-0.2, 0) is 14.3 Å². The molecule has 30 heavy (non-hydrogen) atoms. The highest BCUT2D eigenvalue weighted by Gasteiger charge is 2.32. The number of non-ortho nitro benzene ring substituents is 1. The molecule has 0 fully saturated rings. The first kappa shape index (κ1) is 22.5. The molecule has 0 saturated carbocycles. The molecule has 0 saturated heterocycles. The maximum absolute atomic E-state index is 13.1. The van der Waals surface area contributed by atoms with E-state index < -0.39 is 40.5 Å². The summed E-state index contributed by atoms with van der Waals surface area (Å²) in [6.07, 6.45) is -0.303. The molecule has 2 rings (SSSR count).